The molecule has 1 aromatic heterocycles. The van der Waals surface area contributed by atoms with Crippen LogP contribution in [0.2, 0.25) is 0 Å². The quantitative estimate of drug-likeness (QED) is 0.506. The molecule has 0 aliphatic rings. The first-order chi connectivity index (χ1) is 10.1. The highest BCUT2D eigenvalue weighted by Crippen LogP contribution is 2.17. The van der Waals surface area contributed by atoms with Gasteiger partial charge in [-0.15, -0.1) is 0 Å². The minimum absolute atomic E-state index is 0.182. The number of amides is 1. The third-order valence-electron chi connectivity index (χ3n) is 3.05. The predicted octanol–water partition coefficient (Wildman–Crippen LogP) is 2.64. The lowest BCUT2D eigenvalue weighted by Crippen LogP contribution is -2.19. The molecule has 3 N–H and O–H groups in total. The van der Waals surface area contributed by atoms with Crippen molar-refractivity contribution in [3.05, 3.63) is 51.7 Å². The molecule has 1 heterocycles. The monoisotopic (exact) mass is 303 g/mol. The highest BCUT2D eigenvalue weighted by Gasteiger charge is 2.07. The average Bonchev–Trinajstić information content (AvgIpc) is 2.98. The van der Waals surface area contributed by atoms with Gasteiger partial charge in [-0.3, -0.25) is 4.79 Å². The number of thiophene rings is 1. The molecule has 0 saturated carbocycles. The number of amidine groups is 1. The first-order valence-electron chi connectivity index (χ1n) is 6.42. The summed E-state index contributed by atoms with van der Waals surface area (Å²) < 4.78 is 0. The molecule has 0 saturated heterocycles. The van der Waals surface area contributed by atoms with E-state index in [0.717, 1.165) is 22.4 Å². The molecule has 0 aliphatic carbocycles. The highest BCUT2D eigenvalue weighted by molar-refractivity contribution is 7.08. The third-order valence-corrected chi connectivity index (χ3v) is 3.74. The molecule has 6 heteroatoms. The lowest BCUT2D eigenvalue weighted by Gasteiger charge is -2.09. The van der Waals surface area contributed by atoms with Crippen molar-refractivity contribution in [3.8, 4) is 0 Å². The van der Waals surface area contributed by atoms with E-state index in [1.54, 1.807) is 0 Å². The van der Waals surface area contributed by atoms with Gasteiger partial charge >= 0.3 is 0 Å². The Morgan fingerprint density at radius 2 is 2.19 bits per heavy atom. The summed E-state index contributed by atoms with van der Waals surface area (Å²) in [6.07, 6.45) is 0. The maximum atomic E-state index is 11.8. The number of benzene rings is 1. The second-order valence-corrected chi connectivity index (χ2v) is 5.34. The zero-order valence-corrected chi connectivity index (χ0v) is 12.7. The summed E-state index contributed by atoms with van der Waals surface area (Å²) in [5.41, 5.74) is 9.44. The second-order valence-electron chi connectivity index (χ2n) is 4.56. The van der Waals surface area contributed by atoms with Crippen LogP contribution in [-0.4, -0.2) is 18.3 Å². The molecule has 0 bridgehead atoms. The molecule has 5 nitrogen and oxygen atoms in total. The molecule has 0 atom stereocenters. The summed E-state index contributed by atoms with van der Waals surface area (Å²) in [7, 11) is 0. The number of aryl methyl sites for hydroxylation is 1. The van der Waals surface area contributed by atoms with E-state index in [4.69, 9.17) is 10.6 Å². The van der Waals surface area contributed by atoms with E-state index in [-0.39, 0.29) is 18.3 Å². The molecule has 1 aromatic carbocycles. The number of carbonyl (C=O) groups excluding carboxylic acids is 1. The van der Waals surface area contributed by atoms with E-state index in [1.165, 1.54) is 11.3 Å². The standard InChI is InChI=1S/C15H17N3O2S/c1-10-4-3-5-13(11(10)2)17-14(19)8-20-18-15(16)12-6-7-21-9-12/h3-7,9H,8H2,1-2H3,(H2,16,18)(H,17,19). The lowest BCUT2D eigenvalue weighted by atomic mass is 10.1. The van der Waals surface area contributed by atoms with Gasteiger partial charge in [0.1, 0.15) is 0 Å². The van der Waals surface area contributed by atoms with Crippen molar-refractivity contribution in [2.75, 3.05) is 11.9 Å². The average molecular weight is 303 g/mol. The summed E-state index contributed by atoms with van der Waals surface area (Å²) >= 11 is 1.52. The first kappa shape index (κ1) is 15.1. The maximum Gasteiger partial charge on any atom is 0.265 e. The fourth-order valence-electron chi connectivity index (χ4n) is 1.70. The van der Waals surface area contributed by atoms with Crippen LogP contribution in [0.3, 0.4) is 0 Å². The van der Waals surface area contributed by atoms with Crippen LogP contribution in [-0.2, 0) is 9.63 Å². The Labute approximate surface area is 127 Å². The molecule has 2 rings (SSSR count). The largest absolute Gasteiger partial charge is 0.384 e. The van der Waals surface area contributed by atoms with Gasteiger partial charge in [0.25, 0.3) is 5.91 Å². The van der Waals surface area contributed by atoms with Crippen LogP contribution in [0.4, 0.5) is 5.69 Å². The molecule has 0 aliphatic heterocycles. The van der Waals surface area contributed by atoms with Crippen molar-refractivity contribution < 1.29 is 9.63 Å². The van der Waals surface area contributed by atoms with Gasteiger partial charge in [0.15, 0.2) is 12.4 Å². The van der Waals surface area contributed by atoms with Crippen LogP contribution >= 0.6 is 11.3 Å². The van der Waals surface area contributed by atoms with E-state index < -0.39 is 0 Å². The molecule has 2 aromatic rings. The Morgan fingerprint density at radius 3 is 2.90 bits per heavy atom. The topological polar surface area (TPSA) is 76.7 Å². The fraction of sp³-hybridized carbons (Fsp3) is 0.200. The number of anilines is 1. The van der Waals surface area contributed by atoms with E-state index >= 15 is 0 Å². The van der Waals surface area contributed by atoms with Gasteiger partial charge in [0.05, 0.1) is 0 Å². The predicted molar refractivity (Wildman–Crippen MR) is 85.5 cm³/mol. The summed E-state index contributed by atoms with van der Waals surface area (Å²) in [5, 5.41) is 10.3. The van der Waals surface area contributed by atoms with Crippen molar-refractivity contribution in [2.45, 2.75) is 13.8 Å². The van der Waals surface area contributed by atoms with Crippen LogP contribution in [0.25, 0.3) is 0 Å². The van der Waals surface area contributed by atoms with Crippen LogP contribution in [0, 0.1) is 13.8 Å². The minimum Gasteiger partial charge on any atom is -0.384 e. The molecular formula is C15H17N3O2S. The maximum absolute atomic E-state index is 11.8. The normalized spacial score (nSPS) is 11.2. The Balaban J connectivity index is 1.88. The van der Waals surface area contributed by atoms with Crippen molar-refractivity contribution >= 4 is 28.8 Å². The van der Waals surface area contributed by atoms with E-state index in [2.05, 4.69) is 10.5 Å². The van der Waals surface area contributed by atoms with Gasteiger partial charge in [0, 0.05) is 16.6 Å². The summed E-state index contributed by atoms with van der Waals surface area (Å²) in [4.78, 5) is 16.8. The third kappa shape index (κ3) is 4.06. The smallest absolute Gasteiger partial charge is 0.265 e. The molecule has 0 spiro atoms. The first-order valence-corrected chi connectivity index (χ1v) is 7.36. The van der Waals surface area contributed by atoms with Crippen LogP contribution in [0.5, 0.6) is 0 Å². The molecule has 110 valence electrons. The number of carbonyl (C=O) groups is 1. The molecule has 0 radical (unpaired) electrons. The SMILES string of the molecule is Cc1cccc(NC(=O)CO/N=C(/N)c2ccsc2)c1C. The molecule has 0 unspecified atom stereocenters. The van der Waals surface area contributed by atoms with Gasteiger partial charge < -0.3 is 15.9 Å². The zero-order chi connectivity index (χ0) is 15.2. The molecule has 1 amide bonds. The van der Waals surface area contributed by atoms with Crippen LogP contribution in [0.15, 0.2) is 40.2 Å². The van der Waals surface area contributed by atoms with Gasteiger partial charge in [-0.1, -0.05) is 17.3 Å². The minimum atomic E-state index is -0.273. The van der Waals surface area contributed by atoms with Crippen LogP contribution < -0.4 is 11.1 Å². The molecule has 21 heavy (non-hydrogen) atoms. The van der Waals surface area contributed by atoms with Crippen molar-refractivity contribution in [1.29, 1.82) is 0 Å². The summed E-state index contributed by atoms with van der Waals surface area (Å²) in [6, 6.07) is 7.57. The van der Waals surface area contributed by atoms with Gasteiger partial charge in [-0.2, -0.15) is 11.3 Å². The van der Waals surface area contributed by atoms with Crippen molar-refractivity contribution in [2.24, 2.45) is 10.9 Å². The van der Waals surface area contributed by atoms with Gasteiger partial charge in [-0.25, -0.2) is 0 Å². The number of nitrogens with one attached hydrogen (secondary N) is 1. The molecular weight excluding hydrogens is 286 g/mol. The number of hydrogen-bond acceptors (Lipinski definition) is 4. The summed E-state index contributed by atoms with van der Waals surface area (Å²) in [6.45, 7) is 3.77. The number of oxime groups is 1. The Morgan fingerprint density at radius 1 is 1.38 bits per heavy atom. The Bertz CT molecular complexity index is 651. The molecule has 0 fully saturated rings. The van der Waals surface area contributed by atoms with Crippen molar-refractivity contribution in [1.82, 2.24) is 0 Å². The van der Waals surface area contributed by atoms with Gasteiger partial charge in [0.2, 0.25) is 0 Å². The lowest BCUT2D eigenvalue weighted by molar-refractivity contribution is -0.120. The number of hydrogen-bond donors (Lipinski definition) is 2. The highest BCUT2D eigenvalue weighted by atomic mass is 32.1. The van der Waals surface area contributed by atoms with E-state index in [1.807, 2.05) is 48.9 Å². The zero-order valence-electron chi connectivity index (χ0n) is 11.9. The summed E-state index contributed by atoms with van der Waals surface area (Å²) in [5.74, 6) is -0.0126. The van der Waals surface area contributed by atoms with E-state index in [9.17, 15) is 4.79 Å². The van der Waals surface area contributed by atoms with Gasteiger partial charge in [-0.05, 0) is 42.5 Å². The number of rotatable bonds is 5. The Kier molecular flexibility index (Phi) is 4.94. The Hall–Kier alpha value is -2.34. The number of nitrogens with zero attached hydrogens (tertiary/aromatic N) is 1. The van der Waals surface area contributed by atoms with Crippen LogP contribution in [0.1, 0.15) is 16.7 Å². The fourth-order valence-corrected chi connectivity index (χ4v) is 2.35. The number of nitrogens with two attached hydrogens (primary N) is 1. The van der Waals surface area contributed by atoms with Crippen molar-refractivity contribution in [3.63, 3.8) is 0 Å². The second kappa shape index (κ2) is 6.90. The van der Waals surface area contributed by atoms with E-state index in [0.29, 0.717) is 0 Å².